The number of carbonyl (C=O) groups is 1. The summed E-state index contributed by atoms with van der Waals surface area (Å²) in [6.07, 6.45) is 0.756. The van der Waals surface area contributed by atoms with Gasteiger partial charge in [0.05, 0.1) is 4.90 Å². The molecule has 1 fully saturated rings. The first-order valence-electron chi connectivity index (χ1n) is 6.15. The maximum Gasteiger partial charge on any atom is 0.248 e. The van der Waals surface area contributed by atoms with E-state index in [-0.39, 0.29) is 16.4 Å². The first-order chi connectivity index (χ1) is 9.34. The Bertz CT molecular complexity index is 633. The molecule has 110 valence electrons. The van der Waals surface area contributed by atoms with Gasteiger partial charge in [0, 0.05) is 23.1 Å². The fourth-order valence-electron chi connectivity index (χ4n) is 2.21. The molecule has 1 atom stereocenters. The van der Waals surface area contributed by atoms with Crippen LogP contribution in [0.3, 0.4) is 0 Å². The number of carbonyl (C=O) groups excluding carboxylic acids is 1. The van der Waals surface area contributed by atoms with Gasteiger partial charge in [-0.25, -0.2) is 8.42 Å². The highest BCUT2D eigenvalue weighted by Gasteiger charge is 2.32. The Hall–Kier alpha value is -0.960. The summed E-state index contributed by atoms with van der Waals surface area (Å²) in [5.41, 5.74) is 10.9. The summed E-state index contributed by atoms with van der Waals surface area (Å²) in [7, 11) is -3.62. The molecular weight excluding hydrogens is 346 g/mol. The lowest BCUT2D eigenvalue weighted by molar-refractivity contribution is 0.1000. The van der Waals surface area contributed by atoms with Crippen LogP contribution in [0.4, 0.5) is 0 Å². The molecule has 0 radical (unpaired) electrons. The van der Waals surface area contributed by atoms with Gasteiger partial charge in [-0.05, 0) is 37.1 Å². The van der Waals surface area contributed by atoms with Gasteiger partial charge in [-0.2, -0.15) is 4.31 Å². The van der Waals surface area contributed by atoms with E-state index in [1.807, 2.05) is 0 Å². The van der Waals surface area contributed by atoms with Gasteiger partial charge in [-0.1, -0.05) is 15.9 Å². The Morgan fingerprint density at radius 1 is 1.40 bits per heavy atom. The first kappa shape index (κ1) is 15.4. The molecular formula is C12H16BrN3O3S. The summed E-state index contributed by atoms with van der Waals surface area (Å²) in [4.78, 5) is 11.3. The van der Waals surface area contributed by atoms with Crippen molar-refractivity contribution < 1.29 is 13.2 Å². The standard InChI is InChI=1S/C12H16BrN3O3S/c13-10-3-9(12(15)17)4-11(5-10)20(18,19)16-2-1-8(6-14)7-16/h3-5,8H,1-2,6-7,14H2,(H2,15,17). The molecule has 1 aliphatic heterocycles. The predicted molar refractivity (Wildman–Crippen MR) is 78.6 cm³/mol. The van der Waals surface area contributed by atoms with Crippen LogP contribution in [0.25, 0.3) is 0 Å². The summed E-state index contributed by atoms with van der Waals surface area (Å²) >= 11 is 3.20. The van der Waals surface area contributed by atoms with Gasteiger partial charge in [0.1, 0.15) is 0 Å². The monoisotopic (exact) mass is 361 g/mol. The molecule has 1 aliphatic rings. The minimum absolute atomic E-state index is 0.0679. The molecule has 0 saturated carbocycles. The largest absolute Gasteiger partial charge is 0.366 e. The van der Waals surface area contributed by atoms with Crippen LogP contribution in [-0.4, -0.2) is 38.3 Å². The number of halogens is 1. The van der Waals surface area contributed by atoms with Crippen LogP contribution in [0.1, 0.15) is 16.8 Å². The molecule has 4 N–H and O–H groups in total. The second kappa shape index (κ2) is 5.80. The summed E-state index contributed by atoms with van der Waals surface area (Å²) in [5, 5.41) is 0. The van der Waals surface area contributed by atoms with E-state index < -0.39 is 15.9 Å². The smallest absolute Gasteiger partial charge is 0.248 e. The molecule has 20 heavy (non-hydrogen) atoms. The number of amides is 1. The second-order valence-corrected chi connectivity index (χ2v) is 7.65. The van der Waals surface area contributed by atoms with E-state index >= 15 is 0 Å². The number of benzene rings is 1. The molecule has 1 heterocycles. The average Bonchev–Trinajstić information content (AvgIpc) is 2.87. The van der Waals surface area contributed by atoms with Gasteiger partial charge in [-0.15, -0.1) is 0 Å². The summed E-state index contributed by atoms with van der Waals surface area (Å²) in [6, 6.07) is 4.27. The van der Waals surface area contributed by atoms with Crippen molar-refractivity contribution in [2.75, 3.05) is 19.6 Å². The maximum atomic E-state index is 12.5. The highest BCUT2D eigenvalue weighted by Crippen LogP contribution is 2.26. The van der Waals surface area contributed by atoms with Crippen LogP contribution in [0.5, 0.6) is 0 Å². The van der Waals surface area contributed by atoms with Crippen molar-refractivity contribution in [3.63, 3.8) is 0 Å². The van der Waals surface area contributed by atoms with Gasteiger partial charge < -0.3 is 11.5 Å². The number of nitrogens with zero attached hydrogens (tertiary/aromatic N) is 1. The van der Waals surface area contributed by atoms with E-state index in [1.54, 1.807) is 0 Å². The zero-order valence-corrected chi connectivity index (χ0v) is 13.2. The number of primary amides is 1. The average molecular weight is 362 g/mol. The third-order valence-corrected chi connectivity index (χ3v) is 5.68. The van der Waals surface area contributed by atoms with E-state index in [9.17, 15) is 13.2 Å². The number of hydrogen-bond acceptors (Lipinski definition) is 4. The number of sulfonamides is 1. The minimum Gasteiger partial charge on any atom is -0.366 e. The topological polar surface area (TPSA) is 106 Å². The van der Waals surface area contributed by atoms with Crippen LogP contribution in [0.15, 0.2) is 27.6 Å². The van der Waals surface area contributed by atoms with E-state index in [2.05, 4.69) is 15.9 Å². The molecule has 6 nitrogen and oxygen atoms in total. The molecule has 8 heteroatoms. The zero-order chi connectivity index (χ0) is 14.9. The summed E-state index contributed by atoms with van der Waals surface area (Å²) in [5.74, 6) is -0.475. The lowest BCUT2D eigenvalue weighted by Gasteiger charge is -2.17. The van der Waals surface area contributed by atoms with Gasteiger partial charge >= 0.3 is 0 Å². The normalized spacial score (nSPS) is 20.2. The van der Waals surface area contributed by atoms with Crippen molar-refractivity contribution >= 4 is 31.9 Å². The van der Waals surface area contributed by atoms with Crippen molar-refractivity contribution in [2.24, 2.45) is 17.4 Å². The number of rotatable bonds is 4. The first-order valence-corrected chi connectivity index (χ1v) is 8.38. The van der Waals surface area contributed by atoms with E-state index in [1.165, 1.54) is 22.5 Å². The highest BCUT2D eigenvalue weighted by molar-refractivity contribution is 9.10. The fraction of sp³-hybridized carbons (Fsp3) is 0.417. The molecule has 1 aromatic rings. The fourth-order valence-corrected chi connectivity index (χ4v) is 4.46. The summed E-state index contributed by atoms with van der Waals surface area (Å²) < 4.78 is 27.0. The molecule has 0 bridgehead atoms. The third kappa shape index (κ3) is 3.03. The predicted octanol–water partition coefficient (Wildman–Crippen LogP) is 0.517. The van der Waals surface area contributed by atoms with Crippen LogP contribution in [-0.2, 0) is 10.0 Å². The molecule has 0 aromatic heterocycles. The molecule has 0 aliphatic carbocycles. The Kier molecular flexibility index (Phi) is 4.48. The quantitative estimate of drug-likeness (QED) is 0.814. The number of nitrogens with two attached hydrogens (primary N) is 2. The molecule has 1 saturated heterocycles. The second-order valence-electron chi connectivity index (χ2n) is 4.79. The van der Waals surface area contributed by atoms with Gasteiger partial charge in [0.15, 0.2) is 0 Å². The van der Waals surface area contributed by atoms with Crippen LogP contribution >= 0.6 is 15.9 Å². The lowest BCUT2D eigenvalue weighted by Crippen LogP contribution is -2.30. The maximum absolute atomic E-state index is 12.5. The van der Waals surface area contributed by atoms with Crippen LogP contribution in [0, 0.1) is 5.92 Å². The third-order valence-electron chi connectivity index (χ3n) is 3.38. The van der Waals surface area contributed by atoms with Crippen molar-refractivity contribution in [3.05, 3.63) is 28.2 Å². The Morgan fingerprint density at radius 3 is 2.65 bits per heavy atom. The van der Waals surface area contributed by atoms with Gasteiger partial charge in [-0.3, -0.25) is 4.79 Å². The number of hydrogen-bond donors (Lipinski definition) is 2. The van der Waals surface area contributed by atoms with Crippen molar-refractivity contribution in [3.8, 4) is 0 Å². The van der Waals surface area contributed by atoms with Gasteiger partial charge in [0.2, 0.25) is 15.9 Å². The molecule has 1 aromatic carbocycles. The van der Waals surface area contributed by atoms with E-state index in [0.717, 1.165) is 6.42 Å². The van der Waals surface area contributed by atoms with Crippen LogP contribution in [0.2, 0.25) is 0 Å². The Morgan fingerprint density at radius 2 is 2.10 bits per heavy atom. The highest BCUT2D eigenvalue weighted by atomic mass is 79.9. The van der Waals surface area contributed by atoms with Crippen molar-refractivity contribution in [1.82, 2.24) is 4.31 Å². The van der Waals surface area contributed by atoms with E-state index in [0.29, 0.717) is 24.1 Å². The van der Waals surface area contributed by atoms with Crippen molar-refractivity contribution in [2.45, 2.75) is 11.3 Å². The Labute approximate surface area is 126 Å². The molecule has 2 rings (SSSR count). The van der Waals surface area contributed by atoms with Gasteiger partial charge in [0.25, 0.3) is 0 Å². The lowest BCUT2D eigenvalue weighted by atomic mass is 10.1. The van der Waals surface area contributed by atoms with Crippen molar-refractivity contribution in [1.29, 1.82) is 0 Å². The Balaban J connectivity index is 2.37. The van der Waals surface area contributed by atoms with E-state index in [4.69, 9.17) is 11.5 Å². The molecule has 1 amide bonds. The van der Waals surface area contributed by atoms with Crippen LogP contribution < -0.4 is 11.5 Å². The zero-order valence-electron chi connectivity index (χ0n) is 10.8. The summed E-state index contributed by atoms with van der Waals surface area (Å²) in [6.45, 7) is 1.33. The molecule has 1 unspecified atom stereocenters. The minimum atomic E-state index is -3.62. The SMILES string of the molecule is NCC1CCN(S(=O)(=O)c2cc(Br)cc(C(N)=O)c2)C1. The molecule has 0 spiro atoms.